The van der Waals surface area contributed by atoms with E-state index in [0.717, 1.165) is 55.2 Å². The van der Waals surface area contributed by atoms with Gasteiger partial charge in [0, 0.05) is 32.1 Å². The van der Waals surface area contributed by atoms with Crippen LogP contribution in [0.25, 0.3) is 0 Å². The fraction of sp³-hybridized carbons (Fsp3) is 0.474. The molecule has 5 heteroatoms. The summed E-state index contributed by atoms with van der Waals surface area (Å²) in [6, 6.07) is 10.5. The van der Waals surface area contributed by atoms with Crippen LogP contribution in [-0.4, -0.2) is 24.7 Å². The van der Waals surface area contributed by atoms with Crippen LogP contribution in [0.2, 0.25) is 0 Å². The molecule has 0 fully saturated rings. The number of hydrogen-bond donors (Lipinski definition) is 2. The van der Waals surface area contributed by atoms with Gasteiger partial charge in [-0.1, -0.05) is 49.3 Å². The molecule has 2 rings (SSSR count). The monoisotopic (exact) mass is 328 g/mol. The molecule has 1 aromatic carbocycles. The lowest BCUT2D eigenvalue weighted by molar-refractivity contribution is 0.380. The van der Waals surface area contributed by atoms with Crippen molar-refractivity contribution in [3.05, 3.63) is 52.9 Å². The fourth-order valence-electron chi connectivity index (χ4n) is 2.67. The maximum Gasteiger partial charge on any atom is 0.191 e. The van der Waals surface area contributed by atoms with Crippen molar-refractivity contribution in [2.45, 2.75) is 46.1 Å². The molecule has 0 aliphatic heterocycles. The van der Waals surface area contributed by atoms with Gasteiger partial charge in [-0.15, -0.1) is 0 Å². The Hall–Kier alpha value is -2.30. The second-order valence-corrected chi connectivity index (χ2v) is 5.68. The number of guanidine groups is 1. The van der Waals surface area contributed by atoms with E-state index in [1.165, 1.54) is 5.56 Å². The van der Waals surface area contributed by atoms with Gasteiger partial charge in [-0.25, -0.2) is 0 Å². The molecule has 0 radical (unpaired) electrons. The Labute approximate surface area is 144 Å². The largest absolute Gasteiger partial charge is 0.361 e. The summed E-state index contributed by atoms with van der Waals surface area (Å²) in [5.41, 5.74) is 3.55. The molecule has 0 aliphatic carbocycles. The van der Waals surface area contributed by atoms with Gasteiger partial charge < -0.3 is 15.2 Å². The molecule has 5 nitrogen and oxygen atoms in total. The van der Waals surface area contributed by atoms with E-state index in [1.54, 1.807) is 7.05 Å². The summed E-state index contributed by atoms with van der Waals surface area (Å²) >= 11 is 0. The van der Waals surface area contributed by atoms with Crippen LogP contribution in [0.5, 0.6) is 0 Å². The molecular weight excluding hydrogens is 300 g/mol. The van der Waals surface area contributed by atoms with Crippen molar-refractivity contribution in [1.29, 1.82) is 0 Å². The Bertz CT molecular complexity index is 613. The number of nitrogens with zero attached hydrogens (tertiary/aromatic N) is 2. The van der Waals surface area contributed by atoms with Gasteiger partial charge in [0.15, 0.2) is 5.96 Å². The highest BCUT2D eigenvalue weighted by Crippen LogP contribution is 2.15. The number of rotatable bonds is 8. The highest BCUT2D eigenvalue weighted by atomic mass is 16.5. The zero-order valence-corrected chi connectivity index (χ0v) is 14.9. The van der Waals surface area contributed by atoms with Crippen molar-refractivity contribution in [3.63, 3.8) is 0 Å². The Morgan fingerprint density at radius 1 is 1.12 bits per heavy atom. The van der Waals surface area contributed by atoms with E-state index < -0.39 is 0 Å². The molecule has 0 unspecified atom stereocenters. The van der Waals surface area contributed by atoms with E-state index in [-0.39, 0.29) is 0 Å². The topological polar surface area (TPSA) is 62.5 Å². The predicted molar refractivity (Wildman–Crippen MR) is 98.2 cm³/mol. The van der Waals surface area contributed by atoms with Crippen LogP contribution in [0.1, 0.15) is 42.8 Å². The normalized spacial score (nSPS) is 11.5. The maximum absolute atomic E-state index is 5.40. The molecule has 0 saturated heterocycles. The summed E-state index contributed by atoms with van der Waals surface area (Å²) in [6.45, 7) is 5.76. The lowest BCUT2D eigenvalue weighted by Crippen LogP contribution is -2.37. The van der Waals surface area contributed by atoms with E-state index >= 15 is 0 Å². The molecule has 1 heterocycles. The molecule has 0 atom stereocenters. The Kier molecular flexibility index (Phi) is 7.33. The minimum atomic E-state index is 0.689. The SMILES string of the molecule is CCc1noc(CC)c1CNC(=NC)NCCCc1ccccc1. The van der Waals surface area contributed by atoms with Crippen molar-refractivity contribution >= 4 is 5.96 Å². The average Bonchev–Trinajstić information content (AvgIpc) is 3.04. The van der Waals surface area contributed by atoms with Gasteiger partial charge in [-0.05, 0) is 24.8 Å². The van der Waals surface area contributed by atoms with Crippen molar-refractivity contribution in [2.75, 3.05) is 13.6 Å². The third kappa shape index (κ3) is 5.11. The highest BCUT2D eigenvalue weighted by molar-refractivity contribution is 5.79. The molecule has 0 spiro atoms. The van der Waals surface area contributed by atoms with Crippen molar-refractivity contribution in [2.24, 2.45) is 4.99 Å². The smallest absolute Gasteiger partial charge is 0.191 e. The van der Waals surface area contributed by atoms with E-state index in [9.17, 15) is 0 Å². The first kappa shape index (κ1) is 18.0. The molecule has 130 valence electrons. The number of aryl methyl sites for hydroxylation is 3. The van der Waals surface area contributed by atoms with E-state index in [4.69, 9.17) is 4.52 Å². The minimum absolute atomic E-state index is 0.689. The van der Waals surface area contributed by atoms with Crippen LogP contribution >= 0.6 is 0 Å². The van der Waals surface area contributed by atoms with E-state index in [0.29, 0.717) is 6.54 Å². The predicted octanol–water partition coefficient (Wildman–Crippen LogP) is 3.10. The number of nitrogens with one attached hydrogen (secondary N) is 2. The molecule has 2 N–H and O–H groups in total. The van der Waals surface area contributed by atoms with E-state index in [1.807, 2.05) is 6.07 Å². The standard InChI is InChI=1S/C19H28N4O/c1-4-17-16(18(5-2)24-23-17)14-22-19(20-3)21-13-9-12-15-10-7-6-8-11-15/h6-8,10-11H,4-5,9,12-14H2,1-3H3,(H2,20,21,22). The van der Waals surface area contributed by atoms with Crippen LogP contribution in [0.4, 0.5) is 0 Å². The summed E-state index contributed by atoms with van der Waals surface area (Å²) in [6.07, 6.45) is 3.87. The van der Waals surface area contributed by atoms with Crippen LogP contribution in [-0.2, 0) is 25.8 Å². The number of aliphatic imine (C=N–C) groups is 1. The zero-order valence-electron chi connectivity index (χ0n) is 14.9. The Morgan fingerprint density at radius 3 is 2.58 bits per heavy atom. The van der Waals surface area contributed by atoms with Crippen molar-refractivity contribution in [3.8, 4) is 0 Å². The van der Waals surface area contributed by atoms with Gasteiger partial charge in [0.25, 0.3) is 0 Å². The second kappa shape index (κ2) is 9.75. The third-order valence-electron chi connectivity index (χ3n) is 4.04. The molecule has 2 aromatic rings. The Morgan fingerprint density at radius 2 is 1.92 bits per heavy atom. The first-order valence-corrected chi connectivity index (χ1v) is 8.73. The van der Waals surface area contributed by atoms with Crippen LogP contribution in [0, 0.1) is 0 Å². The van der Waals surface area contributed by atoms with Gasteiger partial charge in [0.2, 0.25) is 0 Å². The minimum Gasteiger partial charge on any atom is -0.361 e. The number of hydrogen-bond acceptors (Lipinski definition) is 3. The quantitative estimate of drug-likeness (QED) is 0.444. The van der Waals surface area contributed by atoms with Gasteiger partial charge in [0.05, 0.1) is 5.69 Å². The number of aromatic nitrogens is 1. The summed E-state index contributed by atoms with van der Waals surface area (Å²) in [7, 11) is 1.79. The lowest BCUT2D eigenvalue weighted by Gasteiger charge is -2.12. The van der Waals surface area contributed by atoms with Gasteiger partial charge >= 0.3 is 0 Å². The molecule has 24 heavy (non-hydrogen) atoms. The molecular formula is C19H28N4O. The molecule has 1 aromatic heterocycles. The summed E-state index contributed by atoms with van der Waals surface area (Å²) in [4.78, 5) is 4.29. The summed E-state index contributed by atoms with van der Waals surface area (Å²) in [5, 5.41) is 10.9. The molecule has 0 bridgehead atoms. The van der Waals surface area contributed by atoms with Gasteiger partial charge in [-0.3, -0.25) is 4.99 Å². The first-order valence-electron chi connectivity index (χ1n) is 8.73. The summed E-state index contributed by atoms with van der Waals surface area (Å²) < 4.78 is 5.40. The molecule has 0 amide bonds. The van der Waals surface area contributed by atoms with Crippen molar-refractivity contribution in [1.82, 2.24) is 15.8 Å². The van der Waals surface area contributed by atoms with Crippen LogP contribution < -0.4 is 10.6 Å². The highest BCUT2D eigenvalue weighted by Gasteiger charge is 2.13. The molecule has 0 saturated carbocycles. The first-order chi connectivity index (χ1) is 11.8. The summed E-state index contributed by atoms with van der Waals surface area (Å²) in [5.74, 6) is 1.77. The Balaban J connectivity index is 1.77. The van der Waals surface area contributed by atoms with Crippen LogP contribution in [0.3, 0.4) is 0 Å². The van der Waals surface area contributed by atoms with Crippen LogP contribution in [0.15, 0.2) is 39.8 Å². The fourth-order valence-corrected chi connectivity index (χ4v) is 2.67. The lowest BCUT2D eigenvalue weighted by atomic mass is 10.1. The third-order valence-corrected chi connectivity index (χ3v) is 4.04. The average molecular weight is 328 g/mol. The van der Waals surface area contributed by atoms with Crippen molar-refractivity contribution < 1.29 is 4.52 Å². The number of benzene rings is 1. The second-order valence-electron chi connectivity index (χ2n) is 5.68. The van der Waals surface area contributed by atoms with E-state index in [2.05, 4.69) is 58.9 Å². The van der Waals surface area contributed by atoms with Gasteiger partial charge in [-0.2, -0.15) is 0 Å². The van der Waals surface area contributed by atoms with Gasteiger partial charge in [0.1, 0.15) is 5.76 Å². The zero-order chi connectivity index (χ0) is 17.2. The maximum atomic E-state index is 5.40. The molecule has 0 aliphatic rings.